The largest absolute Gasteiger partial charge is 0.482 e. The lowest BCUT2D eigenvalue weighted by atomic mass is 10.0. The van der Waals surface area contributed by atoms with Crippen molar-refractivity contribution in [3.8, 4) is 11.9 Å². The zero-order valence-electron chi connectivity index (χ0n) is 9.40. The van der Waals surface area contributed by atoms with Crippen LogP contribution in [0.1, 0.15) is 23.6 Å². The zero-order chi connectivity index (χ0) is 12.3. The third-order valence-electron chi connectivity index (χ3n) is 2.50. The van der Waals surface area contributed by atoms with E-state index in [1.165, 1.54) is 7.11 Å². The summed E-state index contributed by atoms with van der Waals surface area (Å²) in [6, 6.07) is 1.82. The van der Waals surface area contributed by atoms with Crippen LogP contribution in [0, 0.1) is 18.3 Å². The molecule has 1 aromatic rings. The van der Waals surface area contributed by atoms with Crippen molar-refractivity contribution in [1.82, 2.24) is 4.57 Å². The van der Waals surface area contributed by atoms with Crippen molar-refractivity contribution in [2.45, 2.75) is 20.3 Å². The van der Waals surface area contributed by atoms with Gasteiger partial charge in [0.1, 0.15) is 11.6 Å². The summed E-state index contributed by atoms with van der Waals surface area (Å²) >= 11 is 0. The number of carbonyl (C=O) groups excluding carboxylic acids is 1. The summed E-state index contributed by atoms with van der Waals surface area (Å²) in [5.41, 5.74) is 0.629. The van der Waals surface area contributed by atoms with Gasteiger partial charge >= 0.3 is 0 Å². The quantitative estimate of drug-likeness (QED) is 0.700. The van der Waals surface area contributed by atoms with Crippen LogP contribution in [-0.4, -0.2) is 18.1 Å². The van der Waals surface area contributed by atoms with E-state index in [2.05, 4.69) is 0 Å². The summed E-state index contributed by atoms with van der Waals surface area (Å²) in [6.07, 6.45) is 0.943. The number of methoxy groups -OCH3 is 1. The second-order valence-corrected chi connectivity index (χ2v) is 3.23. The fourth-order valence-corrected chi connectivity index (χ4v) is 1.70. The van der Waals surface area contributed by atoms with Gasteiger partial charge in [0, 0.05) is 5.56 Å². The minimum absolute atomic E-state index is 0.00949. The number of hydrogen-bond acceptors (Lipinski definition) is 4. The predicted molar refractivity (Wildman–Crippen MR) is 58.2 cm³/mol. The van der Waals surface area contributed by atoms with Crippen LogP contribution < -0.4 is 10.3 Å². The highest BCUT2D eigenvalue weighted by atomic mass is 16.5. The smallest absolute Gasteiger partial charge is 0.278 e. The second kappa shape index (κ2) is 4.62. The average molecular weight is 220 g/mol. The SMILES string of the molecule is CCc1c(C)c(C#N)c(=O)n(C=O)c1OC. The van der Waals surface area contributed by atoms with Gasteiger partial charge in [-0.2, -0.15) is 5.26 Å². The van der Waals surface area contributed by atoms with E-state index in [4.69, 9.17) is 10.00 Å². The molecule has 1 heterocycles. The van der Waals surface area contributed by atoms with Crippen molar-refractivity contribution in [2.24, 2.45) is 0 Å². The predicted octanol–water partition coefficient (Wildman–Crippen LogP) is 0.638. The van der Waals surface area contributed by atoms with Gasteiger partial charge in [-0.25, -0.2) is 4.57 Å². The van der Waals surface area contributed by atoms with Crippen LogP contribution >= 0.6 is 0 Å². The number of nitriles is 1. The Morgan fingerprint density at radius 3 is 2.56 bits per heavy atom. The van der Waals surface area contributed by atoms with E-state index in [1.807, 2.05) is 13.0 Å². The second-order valence-electron chi connectivity index (χ2n) is 3.23. The lowest BCUT2D eigenvalue weighted by Crippen LogP contribution is -2.26. The summed E-state index contributed by atoms with van der Waals surface area (Å²) in [5.74, 6) is 0.207. The Kier molecular flexibility index (Phi) is 3.46. The van der Waals surface area contributed by atoms with Gasteiger partial charge in [0.05, 0.1) is 7.11 Å². The van der Waals surface area contributed by atoms with E-state index in [-0.39, 0.29) is 11.4 Å². The maximum absolute atomic E-state index is 11.7. The lowest BCUT2D eigenvalue weighted by Gasteiger charge is -2.13. The van der Waals surface area contributed by atoms with Crippen molar-refractivity contribution in [3.63, 3.8) is 0 Å². The molecule has 0 aliphatic heterocycles. The first kappa shape index (κ1) is 12.0. The third-order valence-corrected chi connectivity index (χ3v) is 2.50. The molecule has 0 aromatic carbocycles. The van der Waals surface area contributed by atoms with Gasteiger partial charge in [-0.05, 0) is 18.9 Å². The highest BCUT2D eigenvalue weighted by Gasteiger charge is 2.18. The molecule has 0 aliphatic rings. The van der Waals surface area contributed by atoms with Crippen molar-refractivity contribution in [2.75, 3.05) is 7.11 Å². The van der Waals surface area contributed by atoms with Crippen LogP contribution in [0.15, 0.2) is 4.79 Å². The topological polar surface area (TPSA) is 72.1 Å². The summed E-state index contributed by atoms with van der Waals surface area (Å²) in [6.45, 7) is 3.54. The first-order chi connectivity index (χ1) is 7.62. The minimum atomic E-state index is -0.635. The van der Waals surface area contributed by atoms with Crippen LogP contribution in [0.5, 0.6) is 5.88 Å². The van der Waals surface area contributed by atoms with Gasteiger partial charge in [-0.15, -0.1) is 0 Å². The summed E-state index contributed by atoms with van der Waals surface area (Å²) in [5, 5.41) is 8.88. The first-order valence-corrected chi connectivity index (χ1v) is 4.79. The molecule has 0 saturated carbocycles. The molecule has 0 fully saturated rings. The van der Waals surface area contributed by atoms with Crippen molar-refractivity contribution < 1.29 is 9.53 Å². The Hall–Kier alpha value is -2.09. The molecule has 1 rings (SSSR count). The molecule has 0 bridgehead atoms. The Morgan fingerprint density at radius 1 is 1.56 bits per heavy atom. The summed E-state index contributed by atoms with van der Waals surface area (Å²) < 4.78 is 5.87. The van der Waals surface area contributed by atoms with E-state index >= 15 is 0 Å². The molecule has 0 aliphatic carbocycles. The minimum Gasteiger partial charge on any atom is -0.482 e. The molecule has 1 aromatic heterocycles. The maximum Gasteiger partial charge on any atom is 0.278 e. The average Bonchev–Trinajstić information content (AvgIpc) is 2.29. The summed E-state index contributed by atoms with van der Waals surface area (Å²) in [7, 11) is 1.39. The van der Waals surface area contributed by atoms with Crippen LogP contribution in [0.4, 0.5) is 0 Å². The van der Waals surface area contributed by atoms with E-state index in [9.17, 15) is 9.59 Å². The lowest BCUT2D eigenvalue weighted by molar-refractivity contribution is 0.379. The number of ether oxygens (including phenoxy) is 1. The monoisotopic (exact) mass is 220 g/mol. The molecule has 0 N–H and O–H groups in total. The molecule has 84 valence electrons. The van der Waals surface area contributed by atoms with E-state index in [0.717, 1.165) is 4.57 Å². The van der Waals surface area contributed by atoms with Crippen LogP contribution in [0.2, 0.25) is 0 Å². The Labute approximate surface area is 92.9 Å². The van der Waals surface area contributed by atoms with E-state index in [1.54, 1.807) is 6.92 Å². The zero-order valence-corrected chi connectivity index (χ0v) is 9.40. The van der Waals surface area contributed by atoms with Crippen molar-refractivity contribution >= 4 is 6.41 Å². The molecular weight excluding hydrogens is 208 g/mol. The molecule has 5 nitrogen and oxygen atoms in total. The van der Waals surface area contributed by atoms with Gasteiger partial charge in [0.2, 0.25) is 12.3 Å². The fraction of sp³-hybridized carbons (Fsp3) is 0.364. The number of aromatic nitrogens is 1. The highest BCUT2D eigenvalue weighted by Crippen LogP contribution is 2.21. The molecule has 16 heavy (non-hydrogen) atoms. The molecule has 0 radical (unpaired) electrons. The number of hydrogen-bond donors (Lipinski definition) is 0. The van der Waals surface area contributed by atoms with Gasteiger partial charge in [0.25, 0.3) is 5.56 Å². The molecule has 0 saturated heterocycles. The molecule has 0 amide bonds. The molecular formula is C11H12N2O3. The first-order valence-electron chi connectivity index (χ1n) is 4.79. The van der Waals surface area contributed by atoms with Gasteiger partial charge < -0.3 is 4.74 Å². The van der Waals surface area contributed by atoms with Gasteiger partial charge in [0.15, 0.2) is 0 Å². The van der Waals surface area contributed by atoms with E-state index in [0.29, 0.717) is 24.0 Å². The Balaban J connectivity index is 3.84. The molecule has 0 spiro atoms. The molecule has 5 heteroatoms. The number of nitrogens with zero attached hydrogens (tertiary/aromatic N) is 2. The Bertz CT molecular complexity index is 524. The maximum atomic E-state index is 11.7. The highest BCUT2D eigenvalue weighted by molar-refractivity contribution is 5.60. The fourth-order valence-electron chi connectivity index (χ4n) is 1.70. The third kappa shape index (κ3) is 1.58. The van der Waals surface area contributed by atoms with Crippen LogP contribution in [0.3, 0.4) is 0 Å². The van der Waals surface area contributed by atoms with Gasteiger partial charge in [-0.3, -0.25) is 9.59 Å². The van der Waals surface area contributed by atoms with Crippen molar-refractivity contribution in [3.05, 3.63) is 27.0 Å². The number of pyridine rings is 1. The summed E-state index contributed by atoms with van der Waals surface area (Å²) in [4.78, 5) is 22.6. The molecule has 0 atom stereocenters. The van der Waals surface area contributed by atoms with Crippen LogP contribution in [0.25, 0.3) is 0 Å². The molecule has 0 unspecified atom stereocenters. The normalized spacial score (nSPS) is 9.62. The number of carbonyl (C=O) groups is 1. The van der Waals surface area contributed by atoms with Crippen molar-refractivity contribution in [1.29, 1.82) is 5.26 Å². The van der Waals surface area contributed by atoms with Gasteiger partial charge in [-0.1, -0.05) is 6.92 Å². The van der Waals surface area contributed by atoms with E-state index < -0.39 is 5.56 Å². The Morgan fingerprint density at radius 2 is 2.19 bits per heavy atom. The number of rotatable bonds is 3. The van der Waals surface area contributed by atoms with Crippen LogP contribution in [-0.2, 0) is 11.2 Å². The standard InChI is InChI=1S/C11H12N2O3/c1-4-8-7(2)9(5-12)10(15)13(6-14)11(8)16-3/h6H,4H2,1-3H3.